The van der Waals surface area contributed by atoms with Gasteiger partial charge in [0.15, 0.2) is 0 Å². The molecule has 2 bridgehead atoms. The van der Waals surface area contributed by atoms with Gasteiger partial charge in [-0.15, -0.1) is 0 Å². The molecule has 1 aromatic carbocycles. The summed E-state index contributed by atoms with van der Waals surface area (Å²) in [6.07, 6.45) is 16.5. The minimum atomic E-state index is -0.147. The molecule has 0 saturated carbocycles. The average Bonchev–Trinajstić information content (AvgIpc) is 3.16. The van der Waals surface area contributed by atoms with Crippen LogP contribution in [0.3, 0.4) is 0 Å². The standard InChI is InChI=1S/C29H37N5O.C5H10O/c1-19(17-35-4)32-29-25-16-22-6-5-11-31-28(22)27(21-9-12-33(2)13-10-21)23-8-7-20(14-24(23)25)15-26(29)34(3)18-30;1-5(2)3-4-6/h5-8,11,14-16,18,21,27-32H,1,9-10,12-13,17H2,2-4H3;4-5H,3H2,1-2H3. The largest absolute Gasteiger partial charge is 0.383 e. The fourth-order valence-corrected chi connectivity index (χ4v) is 6.32. The van der Waals surface area contributed by atoms with Crippen LogP contribution in [0.1, 0.15) is 55.7 Å². The zero-order valence-corrected chi connectivity index (χ0v) is 25.3. The van der Waals surface area contributed by atoms with Crippen LogP contribution >= 0.6 is 0 Å². The molecular weight excluding hydrogens is 510 g/mol. The van der Waals surface area contributed by atoms with Crippen molar-refractivity contribution in [2.24, 2.45) is 11.8 Å². The third kappa shape index (κ3) is 7.08. The number of aldehydes is 1. The van der Waals surface area contributed by atoms with Crippen molar-refractivity contribution in [2.75, 3.05) is 40.9 Å². The predicted octanol–water partition coefficient (Wildman–Crippen LogP) is 5.16. The second-order valence-corrected chi connectivity index (χ2v) is 12.0. The maximum absolute atomic E-state index is 9.62. The van der Waals surface area contributed by atoms with Crippen molar-refractivity contribution in [3.8, 4) is 0 Å². The van der Waals surface area contributed by atoms with Crippen LogP contribution in [0.5, 0.6) is 0 Å². The van der Waals surface area contributed by atoms with E-state index in [1.807, 2.05) is 25.8 Å². The van der Waals surface area contributed by atoms with Crippen molar-refractivity contribution in [3.05, 3.63) is 82.9 Å². The monoisotopic (exact) mass is 557 g/mol. The Balaban J connectivity index is 0.000000585. The van der Waals surface area contributed by atoms with Gasteiger partial charge in [0, 0.05) is 37.9 Å². The fourth-order valence-electron chi connectivity index (χ4n) is 6.32. The van der Waals surface area contributed by atoms with Crippen LogP contribution < -0.4 is 10.6 Å². The maximum Gasteiger partial charge on any atom is 0.120 e. The van der Waals surface area contributed by atoms with Crippen LogP contribution in [0.25, 0.3) is 11.6 Å². The second kappa shape index (κ2) is 14.0. The van der Waals surface area contributed by atoms with E-state index in [9.17, 15) is 4.79 Å². The Kier molecular flexibility index (Phi) is 10.4. The lowest BCUT2D eigenvalue weighted by Crippen LogP contribution is -2.41. The summed E-state index contributed by atoms with van der Waals surface area (Å²) in [5.74, 6) is 1.54. The van der Waals surface area contributed by atoms with Gasteiger partial charge < -0.3 is 30.0 Å². The number of likely N-dealkylation sites (N-methyl/N-ethyl adjacent to an activating group) is 1. The number of likely N-dealkylation sites (tertiary alicyclic amines) is 1. The second-order valence-electron chi connectivity index (χ2n) is 12.0. The minimum Gasteiger partial charge on any atom is -0.383 e. The maximum atomic E-state index is 9.62. The number of hydrogen-bond acceptors (Lipinski definition) is 6. The highest BCUT2D eigenvalue weighted by Crippen LogP contribution is 2.46. The van der Waals surface area contributed by atoms with Gasteiger partial charge in [0.2, 0.25) is 0 Å². The van der Waals surface area contributed by atoms with Crippen molar-refractivity contribution in [2.45, 2.75) is 51.1 Å². The molecular formula is C34H47N5O2. The Labute approximate surface area is 246 Å². The molecule has 7 heteroatoms. The number of fused-ring (bicyclic) bond motifs is 2. The van der Waals surface area contributed by atoms with E-state index in [4.69, 9.17) is 10.1 Å². The van der Waals surface area contributed by atoms with Crippen molar-refractivity contribution < 1.29 is 9.53 Å². The summed E-state index contributed by atoms with van der Waals surface area (Å²) in [6.45, 7) is 11.0. The number of nitrogens with zero attached hydrogens (tertiary/aromatic N) is 2. The van der Waals surface area contributed by atoms with Crippen molar-refractivity contribution in [1.29, 1.82) is 5.41 Å². The van der Waals surface area contributed by atoms with Crippen LogP contribution in [0.4, 0.5) is 0 Å². The van der Waals surface area contributed by atoms with E-state index in [1.165, 1.54) is 41.5 Å². The van der Waals surface area contributed by atoms with Gasteiger partial charge in [-0.1, -0.05) is 44.7 Å². The molecule has 41 heavy (non-hydrogen) atoms. The molecule has 2 heterocycles. The molecule has 0 radical (unpaired) electrons. The van der Waals surface area contributed by atoms with Gasteiger partial charge in [0.25, 0.3) is 0 Å². The normalized spacial score (nSPS) is 23.3. The van der Waals surface area contributed by atoms with Gasteiger partial charge in [-0.2, -0.15) is 0 Å². The molecule has 1 aromatic rings. The number of carbonyl (C=O) groups is 1. The summed E-state index contributed by atoms with van der Waals surface area (Å²) >= 11 is 0. The predicted molar refractivity (Wildman–Crippen MR) is 170 cm³/mol. The first kappa shape index (κ1) is 30.5. The number of piperidine rings is 1. The number of ether oxygens (including phenoxy) is 1. The van der Waals surface area contributed by atoms with Crippen LogP contribution in [0, 0.1) is 17.2 Å². The third-order valence-corrected chi connectivity index (χ3v) is 8.48. The number of benzene rings is 1. The van der Waals surface area contributed by atoms with E-state index in [0.29, 0.717) is 30.8 Å². The molecule has 3 N–H and O–H groups in total. The Hall–Kier alpha value is -3.42. The van der Waals surface area contributed by atoms with Crippen LogP contribution in [0.2, 0.25) is 0 Å². The highest BCUT2D eigenvalue weighted by Gasteiger charge is 2.40. The van der Waals surface area contributed by atoms with E-state index in [2.05, 4.69) is 77.9 Å². The molecule has 220 valence electrons. The number of rotatable bonds is 9. The van der Waals surface area contributed by atoms with E-state index < -0.39 is 0 Å². The SMILES string of the molecule is C=C(COC)NC1C2=CC3=CC=CNC3C(C3CCN(C)CC3)c3ccc(cc32)C=C1N(C)C=N.CC(C)CC=O. The molecule has 1 saturated heterocycles. The highest BCUT2D eigenvalue weighted by molar-refractivity contribution is 5.85. The summed E-state index contributed by atoms with van der Waals surface area (Å²) in [7, 11) is 5.86. The molecule has 5 rings (SSSR count). The first-order chi connectivity index (χ1) is 19.8. The first-order valence-corrected chi connectivity index (χ1v) is 14.8. The van der Waals surface area contributed by atoms with Crippen molar-refractivity contribution in [1.82, 2.24) is 20.4 Å². The zero-order valence-electron chi connectivity index (χ0n) is 25.3. The summed E-state index contributed by atoms with van der Waals surface area (Å²) in [6, 6.07) is 7.04. The van der Waals surface area contributed by atoms with Crippen LogP contribution in [-0.2, 0) is 9.53 Å². The van der Waals surface area contributed by atoms with Crippen LogP contribution in [-0.4, -0.2) is 75.4 Å². The molecule has 2 aliphatic carbocycles. The lowest BCUT2D eigenvalue weighted by Gasteiger charge is -2.39. The molecule has 2 aliphatic heterocycles. The van der Waals surface area contributed by atoms with E-state index in [-0.39, 0.29) is 12.1 Å². The molecule has 7 nitrogen and oxygen atoms in total. The molecule has 0 aromatic heterocycles. The number of hydrogen-bond donors (Lipinski definition) is 3. The summed E-state index contributed by atoms with van der Waals surface area (Å²) in [5, 5.41) is 15.4. The lowest BCUT2D eigenvalue weighted by molar-refractivity contribution is -0.108. The fraction of sp³-hybridized carbons (Fsp3) is 0.471. The first-order valence-electron chi connectivity index (χ1n) is 14.8. The van der Waals surface area contributed by atoms with E-state index in [1.54, 1.807) is 7.11 Å². The molecule has 1 fully saturated rings. The van der Waals surface area contributed by atoms with Gasteiger partial charge in [-0.05, 0) is 97.1 Å². The lowest BCUT2D eigenvalue weighted by atomic mass is 9.73. The molecule has 0 spiro atoms. The highest BCUT2D eigenvalue weighted by atomic mass is 16.5. The molecule has 0 amide bonds. The number of methoxy groups -OCH3 is 1. The van der Waals surface area contributed by atoms with Crippen molar-refractivity contribution >= 4 is 24.3 Å². The Bertz CT molecular complexity index is 1240. The summed E-state index contributed by atoms with van der Waals surface area (Å²) < 4.78 is 5.37. The Morgan fingerprint density at radius 1 is 1.29 bits per heavy atom. The van der Waals surface area contributed by atoms with Gasteiger partial charge in [0.05, 0.1) is 25.0 Å². The average molecular weight is 558 g/mol. The molecule has 3 atom stereocenters. The molecule has 3 unspecified atom stereocenters. The van der Waals surface area contributed by atoms with Gasteiger partial charge in [-0.3, -0.25) is 5.41 Å². The van der Waals surface area contributed by atoms with Crippen molar-refractivity contribution in [3.63, 3.8) is 0 Å². The van der Waals surface area contributed by atoms with E-state index in [0.717, 1.165) is 36.3 Å². The third-order valence-electron chi connectivity index (χ3n) is 8.48. The number of nitrogens with one attached hydrogen (secondary N) is 3. The minimum absolute atomic E-state index is 0.147. The van der Waals surface area contributed by atoms with Crippen LogP contribution in [0.15, 0.2) is 66.2 Å². The van der Waals surface area contributed by atoms with Gasteiger partial charge in [0.1, 0.15) is 6.29 Å². The van der Waals surface area contributed by atoms with Gasteiger partial charge in [-0.25, -0.2) is 0 Å². The molecule has 4 aliphatic rings. The summed E-state index contributed by atoms with van der Waals surface area (Å²) in [4.78, 5) is 14.0. The zero-order chi connectivity index (χ0) is 29.5. The smallest absolute Gasteiger partial charge is 0.120 e. The topological polar surface area (TPSA) is 80.7 Å². The van der Waals surface area contributed by atoms with E-state index >= 15 is 0 Å². The van der Waals surface area contributed by atoms with Gasteiger partial charge >= 0.3 is 0 Å². The summed E-state index contributed by atoms with van der Waals surface area (Å²) in [5.41, 5.74) is 8.25. The quantitative estimate of drug-likeness (QED) is 0.221. The number of dihydropyridines is 1. The number of carbonyl (C=O) groups excluding carboxylic acids is 1. The Morgan fingerprint density at radius 2 is 2.05 bits per heavy atom. The number of allylic oxidation sites excluding steroid dienone is 2. The Morgan fingerprint density at radius 3 is 2.68 bits per heavy atom.